The number of rotatable bonds is 1. The summed E-state index contributed by atoms with van der Waals surface area (Å²) >= 11 is 5.93. The Bertz CT molecular complexity index is 1370. The van der Waals surface area contributed by atoms with Crippen molar-refractivity contribution in [2.24, 2.45) is 0 Å². The molecule has 4 heterocycles. The number of imidazole rings is 1. The van der Waals surface area contributed by atoms with E-state index in [1.807, 2.05) is 53.9 Å². The molecular formula is C20H13ClN4O. The summed E-state index contributed by atoms with van der Waals surface area (Å²) in [6.07, 6.45) is 3.54. The van der Waals surface area contributed by atoms with Crippen molar-refractivity contribution in [2.75, 3.05) is 0 Å². The molecule has 0 unspecified atom stereocenters. The lowest BCUT2D eigenvalue weighted by Gasteiger charge is -2.10. The van der Waals surface area contributed by atoms with Crippen molar-refractivity contribution in [3.05, 3.63) is 82.0 Å². The van der Waals surface area contributed by atoms with E-state index in [0.717, 1.165) is 22.1 Å². The van der Waals surface area contributed by atoms with Gasteiger partial charge in [-0.3, -0.25) is 13.8 Å². The van der Waals surface area contributed by atoms with Crippen LogP contribution in [0, 0.1) is 6.92 Å². The molecule has 0 saturated carbocycles. The fourth-order valence-corrected chi connectivity index (χ4v) is 3.47. The highest BCUT2D eigenvalue weighted by atomic mass is 35.5. The molecule has 0 spiro atoms. The summed E-state index contributed by atoms with van der Waals surface area (Å²) < 4.78 is 3.58. The fourth-order valence-electron chi connectivity index (χ4n) is 3.36. The molecule has 26 heavy (non-hydrogen) atoms. The Morgan fingerprint density at radius 2 is 1.85 bits per heavy atom. The van der Waals surface area contributed by atoms with Crippen LogP contribution in [0.1, 0.15) is 5.56 Å². The van der Waals surface area contributed by atoms with Gasteiger partial charge in [0.25, 0.3) is 5.56 Å². The molecule has 5 nitrogen and oxygen atoms in total. The van der Waals surface area contributed by atoms with Gasteiger partial charge >= 0.3 is 0 Å². The first kappa shape index (κ1) is 15.1. The van der Waals surface area contributed by atoms with E-state index in [-0.39, 0.29) is 5.56 Å². The normalized spacial score (nSPS) is 11.6. The molecule has 0 fully saturated rings. The zero-order chi connectivity index (χ0) is 17.8. The van der Waals surface area contributed by atoms with Crippen LogP contribution in [-0.2, 0) is 0 Å². The van der Waals surface area contributed by atoms with Crippen molar-refractivity contribution in [2.45, 2.75) is 6.92 Å². The molecule has 0 atom stereocenters. The van der Waals surface area contributed by atoms with Crippen molar-refractivity contribution >= 4 is 39.2 Å². The molecule has 0 saturated heterocycles. The maximum Gasteiger partial charge on any atom is 0.264 e. The SMILES string of the molecule is Cc1ccn2c(c1)nc1c3ccccc3c(=O)n(-c3ccc(Cl)nc3)c12. The highest BCUT2D eigenvalue weighted by Crippen LogP contribution is 2.26. The molecule has 0 aliphatic rings. The minimum atomic E-state index is -0.111. The number of benzene rings is 1. The van der Waals surface area contributed by atoms with Gasteiger partial charge in [-0.1, -0.05) is 29.8 Å². The van der Waals surface area contributed by atoms with E-state index >= 15 is 0 Å². The first-order valence-corrected chi connectivity index (χ1v) is 8.55. The molecule has 6 heteroatoms. The number of nitrogens with zero attached hydrogens (tertiary/aromatic N) is 4. The Balaban J connectivity index is 2.07. The number of hydrogen-bond acceptors (Lipinski definition) is 3. The Kier molecular flexibility index (Phi) is 3.14. The largest absolute Gasteiger partial charge is 0.285 e. The van der Waals surface area contributed by atoms with Crippen LogP contribution in [0.3, 0.4) is 0 Å². The number of hydrogen-bond donors (Lipinski definition) is 0. The van der Waals surface area contributed by atoms with E-state index in [1.165, 1.54) is 0 Å². The minimum absolute atomic E-state index is 0.111. The quantitative estimate of drug-likeness (QED) is 0.422. The lowest BCUT2D eigenvalue weighted by atomic mass is 10.1. The standard InChI is InChI=1S/C20H13ClN4O/c1-12-8-9-24-17(10-12)23-18-14-4-2-3-5-15(14)20(26)25(19(18)24)13-6-7-16(21)22-11-13/h2-11H,1H3. The van der Waals surface area contributed by atoms with E-state index < -0.39 is 0 Å². The Labute approximate surface area is 153 Å². The molecule has 0 radical (unpaired) electrons. The van der Waals surface area contributed by atoms with Crippen LogP contribution in [-0.4, -0.2) is 18.9 Å². The summed E-state index contributed by atoms with van der Waals surface area (Å²) in [4.78, 5) is 22.2. The monoisotopic (exact) mass is 360 g/mol. The average Bonchev–Trinajstić information content (AvgIpc) is 3.02. The average molecular weight is 361 g/mol. The van der Waals surface area contributed by atoms with E-state index in [2.05, 4.69) is 4.98 Å². The highest BCUT2D eigenvalue weighted by Gasteiger charge is 2.17. The van der Waals surface area contributed by atoms with Gasteiger partial charge in [0.15, 0.2) is 5.65 Å². The van der Waals surface area contributed by atoms with Crippen molar-refractivity contribution < 1.29 is 0 Å². The number of pyridine rings is 3. The first-order valence-electron chi connectivity index (χ1n) is 8.17. The maximum atomic E-state index is 13.3. The first-order chi connectivity index (χ1) is 12.6. The maximum absolute atomic E-state index is 13.3. The third-order valence-electron chi connectivity index (χ3n) is 4.55. The number of fused-ring (bicyclic) bond motifs is 5. The second kappa shape index (κ2) is 5.41. The Morgan fingerprint density at radius 3 is 2.62 bits per heavy atom. The predicted octanol–water partition coefficient (Wildman–Crippen LogP) is 4.15. The summed E-state index contributed by atoms with van der Waals surface area (Å²) in [7, 11) is 0. The van der Waals surface area contributed by atoms with E-state index in [9.17, 15) is 4.79 Å². The smallest absolute Gasteiger partial charge is 0.264 e. The van der Waals surface area contributed by atoms with Crippen molar-refractivity contribution in [1.29, 1.82) is 0 Å². The van der Waals surface area contributed by atoms with Crippen molar-refractivity contribution in [3.8, 4) is 5.69 Å². The van der Waals surface area contributed by atoms with Crippen LogP contribution in [0.5, 0.6) is 0 Å². The number of aryl methyl sites for hydroxylation is 1. The molecule has 5 aromatic rings. The highest BCUT2D eigenvalue weighted by molar-refractivity contribution is 6.29. The zero-order valence-corrected chi connectivity index (χ0v) is 14.6. The molecule has 126 valence electrons. The lowest BCUT2D eigenvalue weighted by Crippen LogP contribution is -2.20. The van der Waals surface area contributed by atoms with Gasteiger partial charge in [0.1, 0.15) is 16.3 Å². The topological polar surface area (TPSA) is 52.2 Å². The van der Waals surface area contributed by atoms with Crippen LogP contribution in [0.25, 0.3) is 33.3 Å². The van der Waals surface area contributed by atoms with Gasteiger partial charge in [0.2, 0.25) is 0 Å². The molecule has 5 rings (SSSR count). The predicted molar refractivity (Wildman–Crippen MR) is 103 cm³/mol. The summed E-state index contributed by atoms with van der Waals surface area (Å²) in [6.45, 7) is 2.02. The zero-order valence-electron chi connectivity index (χ0n) is 13.8. The van der Waals surface area contributed by atoms with Crippen LogP contribution < -0.4 is 5.56 Å². The summed E-state index contributed by atoms with van der Waals surface area (Å²) in [5, 5.41) is 1.84. The Morgan fingerprint density at radius 1 is 1.04 bits per heavy atom. The minimum Gasteiger partial charge on any atom is -0.285 e. The lowest BCUT2D eigenvalue weighted by molar-refractivity contribution is 1.00. The van der Waals surface area contributed by atoms with Gasteiger partial charge in [0.05, 0.1) is 11.9 Å². The second-order valence-corrected chi connectivity index (χ2v) is 6.63. The van der Waals surface area contributed by atoms with E-state index in [1.54, 1.807) is 22.9 Å². The van der Waals surface area contributed by atoms with Gasteiger partial charge in [-0.15, -0.1) is 0 Å². The van der Waals surface area contributed by atoms with E-state index in [4.69, 9.17) is 16.6 Å². The van der Waals surface area contributed by atoms with Gasteiger partial charge in [0, 0.05) is 17.0 Å². The molecule has 0 bridgehead atoms. The molecule has 0 aliphatic heterocycles. The fraction of sp³-hybridized carbons (Fsp3) is 0.0500. The van der Waals surface area contributed by atoms with Gasteiger partial charge < -0.3 is 0 Å². The van der Waals surface area contributed by atoms with Crippen molar-refractivity contribution in [3.63, 3.8) is 0 Å². The van der Waals surface area contributed by atoms with Crippen LogP contribution in [0.15, 0.2) is 65.7 Å². The van der Waals surface area contributed by atoms with E-state index in [0.29, 0.717) is 21.9 Å². The molecule has 4 aromatic heterocycles. The van der Waals surface area contributed by atoms with Crippen LogP contribution >= 0.6 is 11.6 Å². The summed E-state index contributed by atoms with van der Waals surface area (Å²) in [5.41, 5.74) is 3.94. The molecule has 0 N–H and O–H groups in total. The van der Waals surface area contributed by atoms with Crippen molar-refractivity contribution in [1.82, 2.24) is 18.9 Å². The van der Waals surface area contributed by atoms with Gasteiger partial charge in [-0.05, 0) is 42.8 Å². The van der Waals surface area contributed by atoms with Gasteiger partial charge in [-0.25, -0.2) is 9.97 Å². The Hall–Kier alpha value is -3.18. The molecule has 1 aromatic carbocycles. The third-order valence-corrected chi connectivity index (χ3v) is 4.78. The summed E-state index contributed by atoms with van der Waals surface area (Å²) in [6, 6.07) is 15.0. The van der Waals surface area contributed by atoms with Crippen LogP contribution in [0.2, 0.25) is 5.15 Å². The number of halogens is 1. The van der Waals surface area contributed by atoms with Crippen LogP contribution in [0.4, 0.5) is 0 Å². The molecule has 0 amide bonds. The molecule has 0 aliphatic carbocycles. The second-order valence-electron chi connectivity index (χ2n) is 6.24. The number of aromatic nitrogens is 4. The molecular weight excluding hydrogens is 348 g/mol. The third kappa shape index (κ3) is 2.07. The van der Waals surface area contributed by atoms with Gasteiger partial charge in [-0.2, -0.15) is 0 Å². The summed E-state index contributed by atoms with van der Waals surface area (Å²) in [5.74, 6) is 0.